The molecule has 244 valence electrons. The van der Waals surface area contributed by atoms with Gasteiger partial charge in [0.2, 0.25) is 11.5 Å². The summed E-state index contributed by atoms with van der Waals surface area (Å²) in [6.45, 7) is 1.91. The van der Waals surface area contributed by atoms with E-state index < -0.39 is 35.3 Å². The molecule has 0 bridgehead atoms. The summed E-state index contributed by atoms with van der Waals surface area (Å²) in [5.74, 6) is -1.49. The lowest BCUT2D eigenvalue weighted by molar-refractivity contribution is -0.154. The van der Waals surface area contributed by atoms with Gasteiger partial charge in [-0.25, -0.2) is 4.79 Å². The van der Waals surface area contributed by atoms with E-state index in [0.717, 1.165) is 27.6 Å². The van der Waals surface area contributed by atoms with Crippen molar-refractivity contribution >= 4 is 63.7 Å². The van der Waals surface area contributed by atoms with Crippen molar-refractivity contribution in [2.24, 2.45) is 5.16 Å². The first-order valence-electron chi connectivity index (χ1n) is 14.8. The third kappa shape index (κ3) is 7.27. The number of ether oxygens (including phenoxy) is 1. The maximum Gasteiger partial charge on any atom is 0.356 e. The smallest absolute Gasteiger partial charge is 0.356 e. The number of nitrogens with zero attached hydrogens (tertiary/aromatic N) is 5. The van der Waals surface area contributed by atoms with Crippen molar-refractivity contribution in [3.05, 3.63) is 125 Å². The largest absolute Gasteiger partial charge is 0.448 e. The third-order valence-electron chi connectivity index (χ3n) is 7.17. The molecular weight excluding hydrogens is 671 g/mol. The first-order chi connectivity index (χ1) is 23.4. The van der Waals surface area contributed by atoms with Gasteiger partial charge in [0.15, 0.2) is 11.2 Å². The Hall–Kier alpha value is -4.99. The highest BCUT2D eigenvalue weighted by molar-refractivity contribution is 8.02. The van der Waals surface area contributed by atoms with E-state index in [2.05, 4.69) is 24.8 Å². The molecule has 2 amide bonds. The maximum atomic E-state index is 14.2. The molecule has 3 N–H and O–H groups in total. The maximum absolute atomic E-state index is 14.2. The van der Waals surface area contributed by atoms with Crippen molar-refractivity contribution in [1.29, 1.82) is 0 Å². The minimum Gasteiger partial charge on any atom is -0.448 e. The van der Waals surface area contributed by atoms with Crippen molar-refractivity contribution in [2.75, 3.05) is 18.1 Å². The summed E-state index contributed by atoms with van der Waals surface area (Å²) >= 11 is 3.75. The SMILES string of the molecule is CCON=C(C(=O)NC1C(=O)N2C(C(=O)OC(c3ccccc3)c3ccccc3)=C(C=CSc3cccnc3)CS[C@@H]12)c1nsc(N)n1. The molecule has 0 spiro atoms. The van der Waals surface area contributed by atoms with Crippen LogP contribution >= 0.6 is 35.1 Å². The van der Waals surface area contributed by atoms with Crippen LogP contribution in [-0.4, -0.2) is 66.5 Å². The van der Waals surface area contributed by atoms with Crippen LogP contribution in [0.25, 0.3) is 0 Å². The fourth-order valence-electron chi connectivity index (χ4n) is 4.97. The second kappa shape index (κ2) is 15.3. The zero-order valence-corrected chi connectivity index (χ0v) is 27.9. The zero-order valence-electron chi connectivity index (χ0n) is 25.5. The van der Waals surface area contributed by atoms with E-state index in [-0.39, 0.29) is 29.0 Å². The Morgan fingerprint density at radius 3 is 2.48 bits per heavy atom. The topological polar surface area (TPSA) is 162 Å². The fourth-order valence-corrected chi connectivity index (χ4v) is 7.39. The number of benzene rings is 2. The molecule has 2 aliphatic heterocycles. The predicted molar refractivity (Wildman–Crippen MR) is 185 cm³/mol. The molecule has 4 aromatic rings. The first kappa shape index (κ1) is 32.9. The predicted octanol–water partition coefficient (Wildman–Crippen LogP) is 4.55. The molecule has 6 rings (SSSR count). The molecule has 2 aliphatic rings. The Labute approximate surface area is 288 Å². The summed E-state index contributed by atoms with van der Waals surface area (Å²) in [6.07, 6.45) is 4.51. The van der Waals surface area contributed by atoms with Crippen molar-refractivity contribution in [3.8, 4) is 0 Å². The summed E-state index contributed by atoms with van der Waals surface area (Å²) in [5.41, 5.74) is 7.79. The molecule has 12 nitrogen and oxygen atoms in total. The molecule has 0 radical (unpaired) electrons. The number of oxime groups is 1. The van der Waals surface area contributed by atoms with Gasteiger partial charge in [0, 0.05) is 34.6 Å². The van der Waals surface area contributed by atoms with Crippen LogP contribution in [-0.2, 0) is 24.0 Å². The van der Waals surface area contributed by atoms with E-state index in [9.17, 15) is 14.4 Å². The van der Waals surface area contributed by atoms with Crippen molar-refractivity contribution in [3.63, 3.8) is 0 Å². The summed E-state index contributed by atoms with van der Waals surface area (Å²) in [7, 11) is 0. The Kier molecular flexibility index (Phi) is 10.5. The molecule has 4 heterocycles. The average Bonchev–Trinajstić information content (AvgIpc) is 3.56. The number of pyridine rings is 1. The number of rotatable bonds is 12. The molecule has 2 aromatic heterocycles. The number of fused-ring (bicyclic) bond motifs is 1. The van der Waals surface area contributed by atoms with Crippen LogP contribution in [0.4, 0.5) is 5.13 Å². The number of allylic oxidation sites excluding steroid dienone is 1. The highest BCUT2D eigenvalue weighted by Crippen LogP contribution is 2.42. The molecule has 48 heavy (non-hydrogen) atoms. The van der Waals surface area contributed by atoms with Crippen LogP contribution in [0.5, 0.6) is 0 Å². The lowest BCUT2D eigenvalue weighted by Gasteiger charge is -2.49. The van der Waals surface area contributed by atoms with E-state index >= 15 is 0 Å². The van der Waals surface area contributed by atoms with Gasteiger partial charge in [-0.05, 0) is 47.2 Å². The normalized spacial score (nSPS) is 17.7. The van der Waals surface area contributed by atoms with E-state index in [1.54, 1.807) is 19.3 Å². The Morgan fingerprint density at radius 2 is 1.85 bits per heavy atom. The standard InChI is InChI=1S/C33H29N7O5S3/c1-2-44-38-24(28-37-33(34)48-39-28)29(41)36-25-30(42)40-26(22(19-47-31(25)40)15-17-46-23-14-9-16-35-18-23)32(43)45-27(20-10-5-3-6-11-20)21-12-7-4-8-13-21/h3-18,25,27,31H,2,19H2,1H3,(H,36,41)(H2,34,37,39)/t25?,31-/m0/s1. The van der Waals surface area contributed by atoms with E-state index in [1.165, 1.54) is 28.4 Å². The molecule has 0 saturated carbocycles. The Bertz CT molecular complexity index is 1830. The number of nitrogens with one attached hydrogen (secondary N) is 1. The van der Waals surface area contributed by atoms with Crippen LogP contribution in [0.3, 0.4) is 0 Å². The second-order valence-corrected chi connectivity index (χ2v) is 13.1. The molecule has 2 aromatic carbocycles. The van der Waals surface area contributed by atoms with E-state index in [0.29, 0.717) is 11.3 Å². The van der Waals surface area contributed by atoms with Gasteiger partial charge >= 0.3 is 5.97 Å². The number of thioether (sulfide) groups is 2. The number of carbonyl (C=O) groups excluding carboxylic acids is 3. The molecule has 1 fully saturated rings. The van der Waals surface area contributed by atoms with Crippen molar-refractivity contribution < 1.29 is 24.0 Å². The molecule has 1 saturated heterocycles. The number of esters is 1. The lowest BCUT2D eigenvalue weighted by atomic mass is 10.0. The minimum atomic E-state index is -0.956. The van der Waals surface area contributed by atoms with Crippen LogP contribution in [0.2, 0.25) is 0 Å². The summed E-state index contributed by atoms with van der Waals surface area (Å²) in [5, 5.41) is 8.01. The number of β-lactam (4-membered cyclic amide) rings is 1. The van der Waals surface area contributed by atoms with Crippen LogP contribution in [0.1, 0.15) is 30.0 Å². The average molecular weight is 700 g/mol. The van der Waals surface area contributed by atoms with Gasteiger partial charge in [-0.1, -0.05) is 77.6 Å². The monoisotopic (exact) mass is 699 g/mol. The van der Waals surface area contributed by atoms with Crippen molar-refractivity contribution in [2.45, 2.75) is 29.3 Å². The zero-order chi connectivity index (χ0) is 33.5. The fraction of sp³-hybridized carbons (Fsp3) is 0.182. The van der Waals surface area contributed by atoms with Gasteiger partial charge in [-0.2, -0.15) is 9.36 Å². The number of hydrogen-bond acceptors (Lipinski definition) is 13. The summed E-state index contributed by atoms with van der Waals surface area (Å²) in [4.78, 5) is 56.9. The van der Waals surface area contributed by atoms with Crippen LogP contribution < -0.4 is 11.1 Å². The molecule has 2 atom stereocenters. The van der Waals surface area contributed by atoms with Crippen molar-refractivity contribution in [1.82, 2.24) is 24.6 Å². The van der Waals surface area contributed by atoms with Crippen LogP contribution in [0.15, 0.2) is 118 Å². The third-order valence-corrected chi connectivity index (χ3v) is 9.80. The van der Waals surface area contributed by atoms with Gasteiger partial charge in [0.05, 0.1) is 0 Å². The molecule has 15 heteroatoms. The number of aromatic nitrogens is 3. The number of nitrogens with two attached hydrogens (primary N) is 1. The number of amides is 2. The molecular formula is C33H29N7O5S3. The minimum absolute atomic E-state index is 0.0149. The van der Waals surface area contributed by atoms with E-state index in [1.807, 2.05) is 84.3 Å². The molecule has 1 unspecified atom stereocenters. The molecule has 0 aliphatic carbocycles. The quantitative estimate of drug-likeness (QED) is 0.0702. The second-order valence-electron chi connectivity index (χ2n) is 10.3. The first-order valence-corrected chi connectivity index (χ1v) is 17.5. The summed E-state index contributed by atoms with van der Waals surface area (Å²) in [6, 6.07) is 21.6. The summed E-state index contributed by atoms with van der Waals surface area (Å²) < 4.78 is 10.3. The number of anilines is 1. The number of carbonyl (C=O) groups is 3. The van der Waals surface area contributed by atoms with Gasteiger partial charge in [0.1, 0.15) is 23.7 Å². The van der Waals surface area contributed by atoms with Gasteiger partial charge in [-0.3, -0.25) is 19.5 Å². The Morgan fingerprint density at radius 1 is 1.12 bits per heavy atom. The van der Waals surface area contributed by atoms with Gasteiger partial charge in [-0.15, -0.1) is 11.8 Å². The number of hydrogen-bond donors (Lipinski definition) is 2. The van der Waals surface area contributed by atoms with Gasteiger partial charge in [0.25, 0.3) is 11.8 Å². The number of nitrogen functional groups attached to an aromatic ring is 1. The highest BCUT2D eigenvalue weighted by Gasteiger charge is 2.54. The lowest BCUT2D eigenvalue weighted by Crippen LogP contribution is -2.71. The van der Waals surface area contributed by atoms with Crippen LogP contribution in [0, 0.1) is 0 Å². The van der Waals surface area contributed by atoms with Gasteiger partial charge < -0.3 is 20.6 Å². The highest BCUT2D eigenvalue weighted by atomic mass is 32.2. The van der Waals surface area contributed by atoms with E-state index in [4.69, 9.17) is 15.3 Å². The Balaban J connectivity index is 1.29.